The minimum Gasteiger partial charge on any atom is -0.497 e. The number of halogens is 1. The number of carbonyl (C=O) groups is 1. The molecule has 2 N–H and O–H groups in total. The topological polar surface area (TPSA) is 72.5 Å². The van der Waals surface area contributed by atoms with Gasteiger partial charge in [-0.25, -0.2) is 9.37 Å². The van der Waals surface area contributed by atoms with Gasteiger partial charge in [-0.2, -0.15) is 0 Å². The number of rotatable bonds is 7. The molecule has 3 aromatic rings. The summed E-state index contributed by atoms with van der Waals surface area (Å²) in [4.78, 5) is 16.8. The van der Waals surface area contributed by atoms with E-state index in [9.17, 15) is 9.18 Å². The van der Waals surface area contributed by atoms with Crippen molar-refractivity contribution in [2.24, 2.45) is 0 Å². The summed E-state index contributed by atoms with van der Waals surface area (Å²) < 4.78 is 23.3. The predicted octanol–water partition coefficient (Wildman–Crippen LogP) is 4.10. The number of aromatic nitrogens is 1. The molecule has 0 unspecified atom stereocenters. The first-order valence-corrected chi connectivity index (χ1v) is 8.56. The van der Waals surface area contributed by atoms with Crippen molar-refractivity contribution in [1.82, 2.24) is 4.98 Å². The van der Waals surface area contributed by atoms with Gasteiger partial charge in [-0.1, -0.05) is 12.1 Å². The Labute approximate surface area is 162 Å². The SMILES string of the molecule is COc1cc(OC)cc(C(=O)Nc2ccc(NCc3ccc(F)cc3)nc2)c1. The minimum atomic E-state index is -0.300. The molecule has 0 fully saturated rings. The monoisotopic (exact) mass is 381 g/mol. The van der Waals surface area contributed by atoms with Gasteiger partial charge in [0.25, 0.3) is 5.91 Å². The molecule has 1 heterocycles. The summed E-state index contributed by atoms with van der Waals surface area (Å²) in [6, 6.07) is 14.7. The minimum absolute atomic E-state index is 0.268. The highest BCUT2D eigenvalue weighted by Crippen LogP contribution is 2.23. The van der Waals surface area contributed by atoms with Crippen LogP contribution in [0.5, 0.6) is 11.5 Å². The molecule has 1 aromatic heterocycles. The molecule has 0 saturated carbocycles. The van der Waals surface area contributed by atoms with Gasteiger partial charge >= 0.3 is 0 Å². The highest BCUT2D eigenvalue weighted by molar-refractivity contribution is 6.04. The highest BCUT2D eigenvalue weighted by atomic mass is 19.1. The van der Waals surface area contributed by atoms with Gasteiger partial charge in [0.1, 0.15) is 23.1 Å². The van der Waals surface area contributed by atoms with Crippen molar-refractivity contribution in [2.75, 3.05) is 24.9 Å². The van der Waals surface area contributed by atoms with E-state index in [-0.39, 0.29) is 11.7 Å². The predicted molar refractivity (Wildman–Crippen MR) is 105 cm³/mol. The number of nitrogens with one attached hydrogen (secondary N) is 2. The fourth-order valence-electron chi connectivity index (χ4n) is 2.51. The molecule has 0 bridgehead atoms. The molecule has 0 aliphatic heterocycles. The van der Waals surface area contributed by atoms with Crippen molar-refractivity contribution < 1.29 is 18.7 Å². The van der Waals surface area contributed by atoms with Gasteiger partial charge in [-0.3, -0.25) is 4.79 Å². The quantitative estimate of drug-likeness (QED) is 0.645. The molecular weight excluding hydrogens is 361 g/mol. The van der Waals surface area contributed by atoms with Crippen LogP contribution in [0.25, 0.3) is 0 Å². The maximum Gasteiger partial charge on any atom is 0.255 e. The average Bonchev–Trinajstić information content (AvgIpc) is 2.74. The zero-order chi connectivity index (χ0) is 19.9. The summed E-state index contributed by atoms with van der Waals surface area (Å²) in [5.74, 6) is 1.14. The number of amides is 1. The van der Waals surface area contributed by atoms with E-state index in [2.05, 4.69) is 15.6 Å². The van der Waals surface area contributed by atoms with Crippen LogP contribution in [0.2, 0.25) is 0 Å². The van der Waals surface area contributed by atoms with Gasteiger partial charge in [0.05, 0.1) is 26.1 Å². The fourth-order valence-corrected chi connectivity index (χ4v) is 2.51. The Morgan fingerprint density at radius 2 is 1.68 bits per heavy atom. The zero-order valence-electron chi connectivity index (χ0n) is 15.5. The first-order valence-electron chi connectivity index (χ1n) is 8.56. The lowest BCUT2D eigenvalue weighted by Crippen LogP contribution is -2.12. The Kier molecular flexibility index (Phi) is 6.06. The summed E-state index contributed by atoms with van der Waals surface area (Å²) in [6.45, 7) is 0.516. The Morgan fingerprint density at radius 3 is 2.25 bits per heavy atom. The zero-order valence-corrected chi connectivity index (χ0v) is 15.5. The number of carbonyl (C=O) groups excluding carboxylic acids is 1. The molecular formula is C21H20FN3O3. The van der Waals surface area contributed by atoms with Crippen molar-refractivity contribution in [3.8, 4) is 11.5 Å². The van der Waals surface area contributed by atoms with E-state index in [4.69, 9.17) is 9.47 Å². The third-order valence-electron chi connectivity index (χ3n) is 4.02. The molecule has 1 amide bonds. The van der Waals surface area contributed by atoms with E-state index in [0.29, 0.717) is 35.1 Å². The largest absolute Gasteiger partial charge is 0.497 e. The molecule has 0 saturated heterocycles. The number of pyridine rings is 1. The van der Waals surface area contributed by atoms with Gasteiger partial charge in [0.2, 0.25) is 0 Å². The van der Waals surface area contributed by atoms with Gasteiger partial charge in [-0.15, -0.1) is 0 Å². The summed E-state index contributed by atoms with van der Waals surface area (Å²) in [7, 11) is 3.05. The number of nitrogens with zero attached hydrogens (tertiary/aromatic N) is 1. The van der Waals surface area contributed by atoms with Gasteiger partial charge in [0, 0.05) is 18.2 Å². The van der Waals surface area contributed by atoms with Crippen molar-refractivity contribution in [2.45, 2.75) is 6.54 Å². The number of methoxy groups -OCH3 is 2. The van der Waals surface area contributed by atoms with Crippen molar-refractivity contribution in [3.05, 3.63) is 77.7 Å². The van der Waals surface area contributed by atoms with Crippen LogP contribution in [-0.2, 0) is 6.54 Å². The molecule has 2 aromatic carbocycles. The van der Waals surface area contributed by atoms with Crippen LogP contribution in [-0.4, -0.2) is 25.1 Å². The van der Waals surface area contributed by atoms with Gasteiger partial charge < -0.3 is 20.1 Å². The third kappa shape index (κ3) is 4.97. The van der Waals surface area contributed by atoms with Crippen molar-refractivity contribution in [3.63, 3.8) is 0 Å². The van der Waals surface area contributed by atoms with E-state index in [1.54, 1.807) is 48.7 Å². The molecule has 0 radical (unpaired) electrons. The number of anilines is 2. The smallest absolute Gasteiger partial charge is 0.255 e. The summed E-state index contributed by atoms with van der Waals surface area (Å²) in [5.41, 5.74) is 1.90. The molecule has 0 aliphatic carbocycles. The summed E-state index contributed by atoms with van der Waals surface area (Å²) >= 11 is 0. The molecule has 28 heavy (non-hydrogen) atoms. The summed E-state index contributed by atoms with van der Waals surface area (Å²) in [5, 5.41) is 5.93. The number of benzene rings is 2. The molecule has 7 heteroatoms. The van der Waals surface area contributed by atoms with Gasteiger partial charge in [0.15, 0.2) is 0 Å². The molecule has 3 rings (SSSR count). The lowest BCUT2D eigenvalue weighted by Gasteiger charge is -2.10. The molecule has 0 aliphatic rings. The van der Waals surface area contributed by atoms with E-state index >= 15 is 0 Å². The van der Waals surface area contributed by atoms with Crippen LogP contribution >= 0.6 is 0 Å². The lowest BCUT2D eigenvalue weighted by molar-refractivity contribution is 0.102. The van der Waals surface area contributed by atoms with Crippen LogP contribution in [0.1, 0.15) is 15.9 Å². The molecule has 0 spiro atoms. The maximum atomic E-state index is 12.9. The Balaban J connectivity index is 1.62. The van der Waals surface area contributed by atoms with Crippen LogP contribution < -0.4 is 20.1 Å². The first-order chi connectivity index (χ1) is 13.6. The molecule has 6 nitrogen and oxygen atoms in total. The van der Waals surface area contributed by atoms with Crippen molar-refractivity contribution >= 4 is 17.4 Å². The average molecular weight is 381 g/mol. The number of ether oxygens (including phenoxy) is 2. The van der Waals surface area contributed by atoms with E-state index in [1.165, 1.54) is 26.4 Å². The molecule has 144 valence electrons. The maximum absolute atomic E-state index is 12.9. The highest BCUT2D eigenvalue weighted by Gasteiger charge is 2.10. The summed E-state index contributed by atoms with van der Waals surface area (Å²) in [6.07, 6.45) is 1.56. The lowest BCUT2D eigenvalue weighted by atomic mass is 10.2. The van der Waals surface area contributed by atoms with E-state index < -0.39 is 0 Å². The second-order valence-corrected chi connectivity index (χ2v) is 5.97. The Hall–Kier alpha value is -3.61. The molecule has 0 atom stereocenters. The van der Waals surface area contributed by atoms with Crippen LogP contribution in [0.4, 0.5) is 15.9 Å². The standard InChI is InChI=1S/C21H20FN3O3/c1-27-18-9-15(10-19(11-18)28-2)21(26)25-17-7-8-20(24-13-17)23-12-14-3-5-16(22)6-4-14/h3-11,13H,12H2,1-2H3,(H,23,24)(H,25,26). The third-order valence-corrected chi connectivity index (χ3v) is 4.02. The number of hydrogen-bond donors (Lipinski definition) is 2. The van der Waals surface area contributed by atoms with E-state index in [1.807, 2.05) is 0 Å². The van der Waals surface area contributed by atoms with Gasteiger partial charge in [-0.05, 0) is 42.0 Å². The fraction of sp³-hybridized carbons (Fsp3) is 0.143. The van der Waals surface area contributed by atoms with E-state index in [0.717, 1.165) is 5.56 Å². The number of hydrogen-bond acceptors (Lipinski definition) is 5. The Morgan fingerprint density at radius 1 is 1.00 bits per heavy atom. The Bertz CT molecular complexity index is 922. The second-order valence-electron chi connectivity index (χ2n) is 5.97. The van der Waals surface area contributed by atoms with Crippen LogP contribution in [0.15, 0.2) is 60.8 Å². The first kappa shape index (κ1) is 19.2. The van der Waals surface area contributed by atoms with Crippen molar-refractivity contribution in [1.29, 1.82) is 0 Å². The second kappa shape index (κ2) is 8.85. The van der Waals surface area contributed by atoms with Crippen LogP contribution in [0, 0.1) is 5.82 Å². The van der Waals surface area contributed by atoms with Crippen LogP contribution in [0.3, 0.4) is 0 Å². The normalized spacial score (nSPS) is 10.2.